The molecule has 1 aromatic rings. The van der Waals surface area contributed by atoms with Gasteiger partial charge in [0.05, 0.1) is 0 Å². The number of rotatable bonds is 2. The maximum Gasteiger partial charge on any atom is 0.410 e. The predicted molar refractivity (Wildman–Crippen MR) is 93.7 cm³/mol. The fraction of sp³-hybridized carbons (Fsp3) is 0.611. The molecular weight excluding hydrogens is 312 g/mol. The van der Waals surface area contributed by atoms with Crippen molar-refractivity contribution in [2.24, 2.45) is 0 Å². The highest BCUT2D eigenvalue weighted by atomic mass is 35.5. The van der Waals surface area contributed by atoms with Gasteiger partial charge in [0, 0.05) is 36.7 Å². The molecule has 2 rings (SSSR count). The SMILES string of the molecule is C[C@@H]1CN(Cc2cccc(Cl)c2)[C@@H](C)CN1C(=O)OC(C)(C)C. The second kappa shape index (κ2) is 7.10. The summed E-state index contributed by atoms with van der Waals surface area (Å²) < 4.78 is 5.52. The van der Waals surface area contributed by atoms with Gasteiger partial charge in [0.25, 0.3) is 0 Å². The Balaban J connectivity index is 2.00. The van der Waals surface area contributed by atoms with Crippen LogP contribution in [0.15, 0.2) is 24.3 Å². The van der Waals surface area contributed by atoms with Gasteiger partial charge in [0.1, 0.15) is 5.60 Å². The van der Waals surface area contributed by atoms with Crippen molar-refractivity contribution < 1.29 is 9.53 Å². The van der Waals surface area contributed by atoms with Gasteiger partial charge in [-0.15, -0.1) is 0 Å². The Morgan fingerprint density at radius 3 is 2.57 bits per heavy atom. The van der Waals surface area contributed by atoms with E-state index in [-0.39, 0.29) is 18.2 Å². The maximum absolute atomic E-state index is 12.3. The van der Waals surface area contributed by atoms with Crippen LogP contribution in [0, 0.1) is 0 Å². The molecular formula is C18H27ClN2O2. The van der Waals surface area contributed by atoms with E-state index >= 15 is 0 Å². The molecule has 23 heavy (non-hydrogen) atoms. The lowest BCUT2D eigenvalue weighted by Crippen LogP contribution is -2.58. The van der Waals surface area contributed by atoms with E-state index < -0.39 is 5.60 Å². The Kier molecular flexibility index (Phi) is 5.58. The Hall–Kier alpha value is -1.26. The number of benzene rings is 1. The summed E-state index contributed by atoms with van der Waals surface area (Å²) in [7, 11) is 0. The molecule has 1 amide bonds. The average Bonchev–Trinajstić information content (AvgIpc) is 2.40. The molecule has 0 spiro atoms. The number of carbonyl (C=O) groups is 1. The topological polar surface area (TPSA) is 32.8 Å². The highest BCUT2D eigenvalue weighted by Gasteiger charge is 2.34. The first-order chi connectivity index (χ1) is 10.7. The van der Waals surface area contributed by atoms with Crippen LogP contribution in [0.5, 0.6) is 0 Å². The van der Waals surface area contributed by atoms with Crippen molar-refractivity contribution in [3.8, 4) is 0 Å². The first kappa shape index (κ1) is 18.1. The molecule has 0 unspecified atom stereocenters. The summed E-state index contributed by atoms with van der Waals surface area (Å²) in [5.74, 6) is 0. The first-order valence-corrected chi connectivity index (χ1v) is 8.51. The van der Waals surface area contributed by atoms with Crippen LogP contribution >= 0.6 is 11.6 Å². The standard InChI is InChI=1S/C18H27ClN2O2/c1-13-11-21(17(22)23-18(3,4)5)14(2)10-20(13)12-15-7-6-8-16(19)9-15/h6-9,13-14H,10-12H2,1-5H3/t13-,14+/m0/s1. The van der Waals surface area contributed by atoms with E-state index in [1.165, 1.54) is 5.56 Å². The third-order valence-corrected chi connectivity index (χ3v) is 4.25. The van der Waals surface area contributed by atoms with Crippen LogP contribution in [0.4, 0.5) is 4.79 Å². The van der Waals surface area contributed by atoms with Crippen molar-refractivity contribution in [3.05, 3.63) is 34.9 Å². The van der Waals surface area contributed by atoms with Crippen LogP contribution in [-0.2, 0) is 11.3 Å². The zero-order chi connectivity index (χ0) is 17.2. The van der Waals surface area contributed by atoms with Crippen molar-refractivity contribution in [1.82, 2.24) is 9.80 Å². The Morgan fingerprint density at radius 1 is 1.26 bits per heavy atom. The van der Waals surface area contributed by atoms with Gasteiger partial charge in [0.15, 0.2) is 0 Å². The van der Waals surface area contributed by atoms with Gasteiger partial charge in [-0.3, -0.25) is 4.90 Å². The summed E-state index contributed by atoms with van der Waals surface area (Å²) in [5, 5.41) is 0.760. The smallest absolute Gasteiger partial charge is 0.410 e. The summed E-state index contributed by atoms with van der Waals surface area (Å²) in [6.07, 6.45) is -0.223. The van der Waals surface area contributed by atoms with Gasteiger partial charge >= 0.3 is 6.09 Å². The molecule has 2 atom stereocenters. The van der Waals surface area contributed by atoms with Crippen molar-refractivity contribution in [1.29, 1.82) is 0 Å². The molecule has 128 valence electrons. The van der Waals surface area contributed by atoms with E-state index in [0.29, 0.717) is 6.54 Å². The highest BCUT2D eigenvalue weighted by Crippen LogP contribution is 2.21. The second-order valence-corrected chi connectivity index (χ2v) is 7.83. The zero-order valence-electron chi connectivity index (χ0n) is 14.7. The molecule has 0 aromatic heterocycles. The fourth-order valence-electron chi connectivity index (χ4n) is 2.86. The molecule has 0 bridgehead atoms. The van der Waals surface area contributed by atoms with E-state index in [1.807, 2.05) is 43.9 Å². The summed E-state index contributed by atoms with van der Waals surface area (Å²) in [5.41, 5.74) is 0.736. The number of piperazine rings is 1. The predicted octanol–water partition coefficient (Wildman–Crippen LogP) is 4.17. The second-order valence-electron chi connectivity index (χ2n) is 7.39. The van der Waals surface area contributed by atoms with Crippen LogP contribution in [0.3, 0.4) is 0 Å². The Labute approximate surface area is 144 Å². The normalized spacial score (nSPS) is 23.0. The van der Waals surface area contributed by atoms with Crippen LogP contribution < -0.4 is 0 Å². The summed E-state index contributed by atoms with van der Waals surface area (Å²) in [6.45, 7) is 12.3. The number of hydrogen-bond acceptors (Lipinski definition) is 3. The maximum atomic E-state index is 12.3. The highest BCUT2D eigenvalue weighted by molar-refractivity contribution is 6.30. The molecule has 4 nitrogen and oxygen atoms in total. The van der Waals surface area contributed by atoms with E-state index in [9.17, 15) is 4.79 Å². The average molecular weight is 339 g/mol. The third kappa shape index (κ3) is 5.11. The van der Waals surface area contributed by atoms with Crippen molar-refractivity contribution >= 4 is 17.7 Å². The lowest BCUT2D eigenvalue weighted by molar-refractivity contribution is -0.0117. The number of hydrogen-bond donors (Lipinski definition) is 0. The molecule has 1 aromatic carbocycles. The first-order valence-electron chi connectivity index (χ1n) is 8.14. The molecule has 1 fully saturated rings. The monoisotopic (exact) mass is 338 g/mol. The summed E-state index contributed by atoms with van der Waals surface area (Å²) in [4.78, 5) is 16.6. The Morgan fingerprint density at radius 2 is 1.96 bits per heavy atom. The quantitative estimate of drug-likeness (QED) is 0.811. The molecule has 1 heterocycles. The lowest BCUT2D eigenvalue weighted by atomic mass is 10.1. The van der Waals surface area contributed by atoms with Crippen LogP contribution in [0.1, 0.15) is 40.2 Å². The van der Waals surface area contributed by atoms with Gasteiger partial charge in [-0.2, -0.15) is 0 Å². The van der Waals surface area contributed by atoms with Crippen molar-refractivity contribution in [3.63, 3.8) is 0 Å². The van der Waals surface area contributed by atoms with Gasteiger partial charge in [-0.25, -0.2) is 4.79 Å². The fourth-order valence-corrected chi connectivity index (χ4v) is 3.08. The summed E-state index contributed by atoms with van der Waals surface area (Å²) in [6, 6.07) is 8.35. The van der Waals surface area contributed by atoms with E-state index in [4.69, 9.17) is 16.3 Å². The number of carbonyl (C=O) groups excluding carboxylic acids is 1. The van der Waals surface area contributed by atoms with Gasteiger partial charge < -0.3 is 9.64 Å². The zero-order valence-corrected chi connectivity index (χ0v) is 15.4. The van der Waals surface area contributed by atoms with Crippen molar-refractivity contribution in [2.75, 3.05) is 13.1 Å². The Bertz CT molecular complexity index is 556. The molecule has 5 heteroatoms. The van der Waals surface area contributed by atoms with Gasteiger partial charge in [-0.1, -0.05) is 23.7 Å². The largest absolute Gasteiger partial charge is 0.444 e. The number of ether oxygens (including phenoxy) is 1. The van der Waals surface area contributed by atoms with Gasteiger partial charge in [-0.05, 0) is 52.3 Å². The molecule has 1 aliphatic rings. The molecule has 0 aliphatic carbocycles. The molecule has 1 aliphatic heterocycles. The van der Waals surface area contributed by atoms with Crippen LogP contribution in [0.2, 0.25) is 5.02 Å². The van der Waals surface area contributed by atoms with E-state index in [2.05, 4.69) is 24.8 Å². The minimum Gasteiger partial charge on any atom is -0.444 e. The van der Waals surface area contributed by atoms with E-state index in [0.717, 1.165) is 18.1 Å². The number of nitrogens with zero attached hydrogens (tertiary/aromatic N) is 2. The van der Waals surface area contributed by atoms with Crippen molar-refractivity contribution in [2.45, 2.75) is 58.8 Å². The van der Waals surface area contributed by atoms with Crippen LogP contribution in [-0.4, -0.2) is 46.7 Å². The van der Waals surface area contributed by atoms with Gasteiger partial charge in [0.2, 0.25) is 0 Å². The van der Waals surface area contributed by atoms with Crippen LogP contribution in [0.25, 0.3) is 0 Å². The molecule has 0 saturated carbocycles. The molecule has 1 saturated heterocycles. The molecule has 0 radical (unpaired) electrons. The lowest BCUT2D eigenvalue weighted by Gasteiger charge is -2.44. The number of amides is 1. The molecule has 0 N–H and O–H groups in total. The minimum absolute atomic E-state index is 0.125. The number of halogens is 1. The summed E-state index contributed by atoms with van der Waals surface area (Å²) >= 11 is 6.07. The third-order valence-electron chi connectivity index (χ3n) is 4.02. The van der Waals surface area contributed by atoms with E-state index in [1.54, 1.807) is 0 Å². The minimum atomic E-state index is -0.460.